The Morgan fingerprint density at radius 1 is 1.13 bits per heavy atom. The van der Waals surface area contributed by atoms with Crippen LogP contribution in [0.15, 0.2) is 48.5 Å². The largest absolute Gasteiger partial charge is 0.464 e. The molecule has 0 spiro atoms. The second-order valence-electron chi connectivity index (χ2n) is 6.86. The summed E-state index contributed by atoms with van der Waals surface area (Å²) in [6.45, 7) is 1.77. The van der Waals surface area contributed by atoms with Crippen molar-refractivity contribution in [1.29, 1.82) is 0 Å². The minimum Gasteiger partial charge on any atom is -0.464 e. The molecular weight excluding hydrogens is 386 g/mol. The summed E-state index contributed by atoms with van der Waals surface area (Å²) >= 11 is 0. The maximum atomic E-state index is 13.1. The lowest BCUT2D eigenvalue weighted by molar-refractivity contribution is -0.148. The lowest BCUT2D eigenvalue weighted by atomic mass is 10.0. The molecular formula is C22H23N3O5. The standard InChI is InChI=1S/C22H23N3O5/c1-3-30-22(29)18(11-14-7-5-4-6-8-14)25(2)21(28)15-9-10-16-17(12-15)24-19(26)13-23-20(16)27/h4-10,12,18H,3,11,13H2,1-2H3,(H,23,27)(H,24,26). The van der Waals surface area contributed by atoms with Crippen LogP contribution in [-0.4, -0.2) is 54.8 Å². The molecule has 2 N–H and O–H groups in total. The molecule has 30 heavy (non-hydrogen) atoms. The molecule has 0 saturated heterocycles. The van der Waals surface area contributed by atoms with Crippen molar-refractivity contribution in [3.05, 3.63) is 65.2 Å². The van der Waals surface area contributed by atoms with Gasteiger partial charge in [0.15, 0.2) is 0 Å². The van der Waals surface area contributed by atoms with Gasteiger partial charge >= 0.3 is 5.97 Å². The lowest BCUT2D eigenvalue weighted by Crippen LogP contribution is -2.44. The highest BCUT2D eigenvalue weighted by Crippen LogP contribution is 2.22. The number of benzene rings is 2. The minimum absolute atomic E-state index is 0.140. The number of fused-ring (bicyclic) bond motifs is 1. The van der Waals surface area contributed by atoms with Crippen molar-refractivity contribution in [2.45, 2.75) is 19.4 Å². The summed E-state index contributed by atoms with van der Waals surface area (Å²) in [5, 5.41) is 5.10. The van der Waals surface area contributed by atoms with Gasteiger partial charge in [0.2, 0.25) is 5.91 Å². The summed E-state index contributed by atoms with van der Waals surface area (Å²) in [4.78, 5) is 50.9. The predicted molar refractivity (Wildman–Crippen MR) is 110 cm³/mol. The maximum absolute atomic E-state index is 13.1. The highest BCUT2D eigenvalue weighted by Gasteiger charge is 2.30. The molecule has 3 amide bonds. The Kier molecular flexibility index (Phi) is 6.46. The third-order valence-corrected chi connectivity index (χ3v) is 4.81. The van der Waals surface area contributed by atoms with Gasteiger partial charge in [-0.2, -0.15) is 0 Å². The van der Waals surface area contributed by atoms with Crippen LogP contribution in [0.25, 0.3) is 0 Å². The molecule has 0 fully saturated rings. The van der Waals surface area contributed by atoms with Crippen LogP contribution in [-0.2, 0) is 20.7 Å². The second kappa shape index (κ2) is 9.21. The number of likely N-dealkylation sites (N-methyl/N-ethyl adjacent to an activating group) is 1. The Morgan fingerprint density at radius 2 is 1.87 bits per heavy atom. The topological polar surface area (TPSA) is 105 Å². The van der Waals surface area contributed by atoms with E-state index in [4.69, 9.17) is 4.74 Å². The molecule has 2 aromatic carbocycles. The van der Waals surface area contributed by atoms with Gasteiger partial charge in [-0.05, 0) is 30.7 Å². The van der Waals surface area contributed by atoms with Crippen molar-refractivity contribution in [3.63, 3.8) is 0 Å². The van der Waals surface area contributed by atoms with E-state index in [0.717, 1.165) is 5.56 Å². The number of esters is 1. The zero-order valence-electron chi connectivity index (χ0n) is 16.8. The lowest BCUT2D eigenvalue weighted by Gasteiger charge is -2.27. The third-order valence-electron chi connectivity index (χ3n) is 4.81. The number of ether oxygens (including phenoxy) is 1. The van der Waals surface area contributed by atoms with Gasteiger partial charge in [-0.1, -0.05) is 30.3 Å². The first kappa shape index (κ1) is 21.0. The molecule has 1 aliphatic rings. The van der Waals surface area contributed by atoms with Crippen LogP contribution in [0.1, 0.15) is 33.2 Å². The number of rotatable bonds is 6. The molecule has 0 bridgehead atoms. The van der Waals surface area contributed by atoms with Crippen molar-refractivity contribution < 1.29 is 23.9 Å². The van der Waals surface area contributed by atoms with E-state index in [1.807, 2.05) is 30.3 Å². The SMILES string of the molecule is CCOC(=O)C(Cc1ccccc1)N(C)C(=O)c1ccc2c(c1)NC(=O)CNC2=O. The van der Waals surface area contributed by atoms with Gasteiger partial charge in [-0.3, -0.25) is 14.4 Å². The van der Waals surface area contributed by atoms with E-state index in [1.165, 1.54) is 30.1 Å². The van der Waals surface area contributed by atoms with Crippen LogP contribution in [0.2, 0.25) is 0 Å². The van der Waals surface area contributed by atoms with Crippen molar-refractivity contribution in [1.82, 2.24) is 10.2 Å². The van der Waals surface area contributed by atoms with Crippen LogP contribution in [0.3, 0.4) is 0 Å². The summed E-state index contributed by atoms with van der Waals surface area (Å²) in [7, 11) is 1.53. The number of hydrogen-bond donors (Lipinski definition) is 2. The normalized spacial score (nSPS) is 13.9. The smallest absolute Gasteiger partial charge is 0.329 e. The Labute approximate surface area is 174 Å². The van der Waals surface area contributed by atoms with Gasteiger partial charge in [0.1, 0.15) is 6.04 Å². The van der Waals surface area contributed by atoms with E-state index in [0.29, 0.717) is 6.42 Å². The van der Waals surface area contributed by atoms with E-state index >= 15 is 0 Å². The summed E-state index contributed by atoms with van der Waals surface area (Å²) in [6, 6.07) is 12.9. The molecule has 2 aromatic rings. The molecule has 0 saturated carbocycles. The molecule has 0 radical (unpaired) electrons. The van der Waals surface area contributed by atoms with E-state index in [9.17, 15) is 19.2 Å². The average molecular weight is 409 g/mol. The molecule has 0 aromatic heterocycles. The average Bonchev–Trinajstić information content (AvgIpc) is 2.89. The zero-order valence-corrected chi connectivity index (χ0v) is 16.8. The van der Waals surface area contributed by atoms with Crippen molar-refractivity contribution in [2.24, 2.45) is 0 Å². The molecule has 8 nitrogen and oxygen atoms in total. The summed E-state index contributed by atoms with van der Waals surface area (Å²) in [5.74, 6) is -1.71. The molecule has 1 unspecified atom stereocenters. The van der Waals surface area contributed by atoms with Crippen LogP contribution in [0.5, 0.6) is 0 Å². The first-order chi connectivity index (χ1) is 14.4. The molecule has 1 heterocycles. The Hall–Kier alpha value is -3.68. The quantitative estimate of drug-likeness (QED) is 0.706. The Morgan fingerprint density at radius 3 is 2.57 bits per heavy atom. The number of nitrogens with one attached hydrogen (secondary N) is 2. The highest BCUT2D eigenvalue weighted by molar-refractivity contribution is 6.10. The molecule has 156 valence electrons. The van der Waals surface area contributed by atoms with E-state index in [-0.39, 0.29) is 35.9 Å². The van der Waals surface area contributed by atoms with Gasteiger partial charge in [0.05, 0.1) is 24.4 Å². The minimum atomic E-state index is -0.823. The fourth-order valence-electron chi connectivity index (χ4n) is 3.23. The Bertz CT molecular complexity index is 974. The molecule has 1 atom stereocenters. The van der Waals surface area contributed by atoms with E-state index in [2.05, 4.69) is 10.6 Å². The summed E-state index contributed by atoms with van der Waals surface area (Å²) in [6.07, 6.45) is 0.298. The first-order valence-electron chi connectivity index (χ1n) is 9.60. The van der Waals surface area contributed by atoms with E-state index < -0.39 is 23.8 Å². The second-order valence-corrected chi connectivity index (χ2v) is 6.86. The van der Waals surface area contributed by atoms with Gasteiger partial charge < -0.3 is 20.3 Å². The number of amides is 3. The van der Waals surface area contributed by atoms with Crippen molar-refractivity contribution in [2.75, 3.05) is 25.5 Å². The van der Waals surface area contributed by atoms with Crippen LogP contribution in [0, 0.1) is 0 Å². The van der Waals surface area contributed by atoms with Gasteiger partial charge in [0.25, 0.3) is 11.8 Å². The van der Waals surface area contributed by atoms with Gasteiger partial charge in [-0.15, -0.1) is 0 Å². The number of carbonyl (C=O) groups excluding carboxylic acids is 4. The zero-order chi connectivity index (χ0) is 21.7. The molecule has 8 heteroatoms. The third kappa shape index (κ3) is 4.65. The summed E-state index contributed by atoms with van der Waals surface area (Å²) in [5.41, 5.74) is 1.66. The molecule has 3 rings (SSSR count). The van der Waals surface area contributed by atoms with Crippen molar-refractivity contribution in [3.8, 4) is 0 Å². The molecule has 1 aliphatic heterocycles. The van der Waals surface area contributed by atoms with Crippen LogP contribution >= 0.6 is 0 Å². The Balaban J connectivity index is 1.88. The van der Waals surface area contributed by atoms with Crippen molar-refractivity contribution >= 4 is 29.4 Å². The number of hydrogen-bond acceptors (Lipinski definition) is 5. The molecule has 0 aliphatic carbocycles. The maximum Gasteiger partial charge on any atom is 0.329 e. The summed E-state index contributed by atoms with van der Waals surface area (Å²) < 4.78 is 5.18. The predicted octanol–water partition coefficient (Wildman–Crippen LogP) is 1.61. The number of carbonyl (C=O) groups is 4. The first-order valence-corrected chi connectivity index (χ1v) is 9.60. The number of anilines is 1. The van der Waals surface area contributed by atoms with Crippen LogP contribution < -0.4 is 10.6 Å². The fourth-order valence-corrected chi connectivity index (χ4v) is 3.23. The monoisotopic (exact) mass is 409 g/mol. The van der Waals surface area contributed by atoms with Crippen LogP contribution in [0.4, 0.5) is 5.69 Å². The number of nitrogens with zero attached hydrogens (tertiary/aromatic N) is 1. The van der Waals surface area contributed by atoms with E-state index in [1.54, 1.807) is 6.92 Å². The highest BCUT2D eigenvalue weighted by atomic mass is 16.5. The fraction of sp³-hybridized carbons (Fsp3) is 0.273. The van der Waals surface area contributed by atoms with Gasteiger partial charge in [-0.25, -0.2) is 4.79 Å². The van der Waals surface area contributed by atoms with Gasteiger partial charge in [0, 0.05) is 19.0 Å².